The molecule has 1 aliphatic carbocycles. The molecule has 1 N–H and O–H groups in total. The van der Waals surface area contributed by atoms with Crippen LogP contribution in [0.5, 0.6) is 0 Å². The van der Waals surface area contributed by atoms with Gasteiger partial charge in [0.2, 0.25) is 5.95 Å². The van der Waals surface area contributed by atoms with E-state index in [1.54, 1.807) is 12.4 Å². The first-order chi connectivity index (χ1) is 12.1. The molecule has 1 saturated carbocycles. The van der Waals surface area contributed by atoms with Gasteiger partial charge in [-0.05, 0) is 24.8 Å². The van der Waals surface area contributed by atoms with Gasteiger partial charge in [0.1, 0.15) is 5.69 Å². The molecule has 0 unspecified atom stereocenters. The van der Waals surface area contributed by atoms with Gasteiger partial charge in [0.05, 0.1) is 12.5 Å². The Morgan fingerprint density at radius 2 is 2.08 bits per heavy atom. The van der Waals surface area contributed by atoms with Crippen LogP contribution in [-0.4, -0.2) is 41.1 Å². The Labute approximate surface area is 147 Å². The SMILES string of the molecule is CN(C)c1ncc(-c2cc(C(=O)NCCC#N)n(CC3CC3)c2)cn1. The van der Waals surface area contributed by atoms with Gasteiger partial charge in [-0.15, -0.1) is 0 Å². The normalized spacial score (nSPS) is 13.3. The lowest BCUT2D eigenvalue weighted by atomic mass is 10.2. The number of nitriles is 1. The van der Waals surface area contributed by atoms with Gasteiger partial charge in [-0.1, -0.05) is 0 Å². The molecule has 1 aliphatic rings. The number of anilines is 1. The molecule has 3 rings (SSSR count). The number of nitrogens with one attached hydrogen (secondary N) is 1. The second-order valence-corrected chi connectivity index (χ2v) is 6.54. The maximum absolute atomic E-state index is 12.5. The summed E-state index contributed by atoms with van der Waals surface area (Å²) in [5, 5.41) is 11.4. The van der Waals surface area contributed by atoms with Crippen LogP contribution < -0.4 is 10.2 Å². The van der Waals surface area contributed by atoms with E-state index >= 15 is 0 Å². The third kappa shape index (κ3) is 4.15. The molecule has 25 heavy (non-hydrogen) atoms. The van der Waals surface area contributed by atoms with E-state index in [4.69, 9.17) is 5.26 Å². The summed E-state index contributed by atoms with van der Waals surface area (Å²) in [5.74, 6) is 1.15. The van der Waals surface area contributed by atoms with Crippen LogP contribution in [0.1, 0.15) is 29.8 Å². The summed E-state index contributed by atoms with van der Waals surface area (Å²) in [4.78, 5) is 23.0. The second-order valence-electron chi connectivity index (χ2n) is 6.54. The Morgan fingerprint density at radius 3 is 2.68 bits per heavy atom. The van der Waals surface area contributed by atoms with E-state index in [2.05, 4.69) is 15.3 Å². The molecule has 2 heterocycles. The molecule has 0 saturated heterocycles. The summed E-state index contributed by atoms with van der Waals surface area (Å²) in [6.07, 6.45) is 8.27. The minimum Gasteiger partial charge on any atom is -0.350 e. The first kappa shape index (κ1) is 17.0. The van der Waals surface area contributed by atoms with Crippen LogP contribution in [-0.2, 0) is 6.54 Å². The van der Waals surface area contributed by atoms with Crippen molar-refractivity contribution < 1.29 is 4.79 Å². The third-order valence-electron chi connectivity index (χ3n) is 4.17. The van der Waals surface area contributed by atoms with Crippen molar-refractivity contribution in [3.8, 4) is 17.2 Å². The highest BCUT2D eigenvalue weighted by Crippen LogP contribution is 2.32. The molecule has 0 aromatic carbocycles. The minimum atomic E-state index is -0.145. The smallest absolute Gasteiger partial charge is 0.267 e. The van der Waals surface area contributed by atoms with Crippen LogP contribution in [0.2, 0.25) is 0 Å². The first-order valence-electron chi connectivity index (χ1n) is 8.43. The van der Waals surface area contributed by atoms with Crippen LogP contribution in [0.3, 0.4) is 0 Å². The number of carbonyl (C=O) groups excluding carboxylic acids is 1. The zero-order valence-corrected chi connectivity index (χ0v) is 14.6. The van der Waals surface area contributed by atoms with E-state index in [0.717, 1.165) is 17.7 Å². The summed E-state index contributed by atoms with van der Waals surface area (Å²) >= 11 is 0. The van der Waals surface area contributed by atoms with Gasteiger partial charge in [0.15, 0.2) is 0 Å². The van der Waals surface area contributed by atoms with Gasteiger partial charge in [-0.3, -0.25) is 4.79 Å². The highest BCUT2D eigenvalue weighted by molar-refractivity contribution is 5.94. The van der Waals surface area contributed by atoms with Crippen LogP contribution >= 0.6 is 0 Å². The number of amides is 1. The lowest BCUT2D eigenvalue weighted by molar-refractivity contribution is 0.0945. The molecule has 7 nitrogen and oxygen atoms in total. The van der Waals surface area contributed by atoms with E-state index in [1.165, 1.54) is 12.8 Å². The van der Waals surface area contributed by atoms with Crippen molar-refractivity contribution >= 4 is 11.9 Å². The van der Waals surface area contributed by atoms with Gasteiger partial charge in [-0.25, -0.2) is 9.97 Å². The zero-order valence-electron chi connectivity index (χ0n) is 14.6. The summed E-state index contributed by atoms with van der Waals surface area (Å²) < 4.78 is 2.01. The second kappa shape index (κ2) is 7.34. The van der Waals surface area contributed by atoms with Crippen molar-refractivity contribution in [2.24, 2.45) is 5.92 Å². The highest BCUT2D eigenvalue weighted by Gasteiger charge is 2.24. The minimum absolute atomic E-state index is 0.145. The fraction of sp³-hybridized carbons (Fsp3) is 0.444. The molecule has 0 atom stereocenters. The van der Waals surface area contributed by atoms with Crippen molar-refractivity contribution in [3.05, 3.63) is 30.4 Å². The number of rotatable bonds is 7. The predicted molar refractivity (Wildman–Crippen MR) is 95.1 cm³/mol. The molecule has 2 aromatic rings. The van der Waals surface area contributed by atoms with Gasteiger partial charge in [-0.2, -0.15) is 5.26 Å². The monoisotopic (exact) mass is 338 g/mol. The van der Waals surface area contributed by atoms with Gasteiger partial charge < -0.3 is 14.8 Å². The summed E-state index contributed by atoms with van der Waals surface area (Å²) in [6, 6.07) is 3.91. The van der Waals surface area contributed by atoms with Crippen LogP contribution in [0.15, 0.2) is 24.7 Å². The third-order valence-corrected chi connectivity index (χ3v) is 4.17. The maximum Gasteiger partial charge on any atom is 0.267 e. The average Bonchev–Trinajstić information content (AvgIpc) is 3.32. The number of carbonyl (C=O) groups is 1. The Bertz CT molecular complexity index is 783. The van der Waals surface area contributed by atoms with E-state index in [1.807, 2.05) is 41.9 Å². The molecule has 1 amide bonds. The molecule has 0 aliphatic heterocycles. The van der Waals surface area contributed by atoms with Crippen molar-refractivity contribution in [2.45, 2.75) is 25.8 Å². The fourth-order valence-electron chi connectivity index (χ4n) is 2.61. The summed E-state index contributed by atoms with van der Waals surface area (Å²) in [5.41, 5.74) is 2.43. The molecular weight excluding hydrogens is 316 g/mol. The zero-order chi connectivity index (χ0) is 17.8. The van der Waals surface area contributed by atoms with Gasteiger partial charge >= 0.3 is 0 Å². The van der Waals surface area contributed by atoms with Crippen molar-refractivity contribution in [1.82, 2.24) is 19.9 Å². The molecule has 130 valence electrons. The Balaban J connectivity index is 1.84. The average molecular weight is 338 g/mol. The first-order valence-corrected chi connectivity index (χ1v) is 8.43. The lowest BCUT2D eigenvalue weighted by Crippen LogP contribution is -2.26. The standard InChI is InChI=1S/C18H22N6O/c1-23(2)18-21-9-15(10-22-18)14-8-16(17(25)20-7-3-6-19)24(12-14)11-13-4-5-13/h8-10,12-13H,3-5,7,11H2,1-2H3,(H,20,25). The number of aromatic nitrogens is 3. The van der Waals surface area contributed by atoms with Crippen molar-refractivity contribution in [1.29, 1.82) is 5.26 Å². The Morgan fingerprint density at radius 1 is 1.36 bits per heavy atom. The maximum atomic E-state index is 12.5. The molecule has 1 fully saturated rings. The quantitative estimate of drug-likeness (QED) is 0.781. The van der Waals surface area contributed by atoms with Crippen LogP contribution in [0.25, 0.3) is 11.1 Å². The topological polar surface area (TPSA) is 86.8 Å². The molecular formula is C18H22N6O. The molecule has 0 bridgehead atoms. The number of hydrogen-bond acceptors (Lipinski definition) is 5. The van der Waals surface area contributed by atoms with Crippen LogP contribution in [0, 0.1) is 17.2 Å². The molecule has 7 heteroatoms. The van der Waals surface area contributed by atoms with E-state index < -0.39 is 0 Å². The highest BCUT2D eigenvalue weighted by atomic mass is 16.1. The molecule has 0 radical (unpaired) electrons. The largest absolute Gasteiger partial charge is 0.350 e. The summed E-state index contributed by atoms with van der Waals surface area (Å²) in [6.45, 7) is 1.21. The van der Waals surface area contributed by atoms with Gasteiger partial charge in [0.25, 0.3) is 5.91 Å². The fourth-order valence-corrected chi connectivity index (χ4v) is 2.61. The van der Waals surface area contributed by atoms with Crippen LogP contribution in [0.4, 0.5) is 5.95 Å². The van der Waals surface area contributed by atoms with E-state index in [9.17, 15) is 4.79 Å². The van der Waals surface area contributed by atoms with Crippen molar-refractivity contribution in [3.63, 3.8) is 0 Å². The summed E-state index contributed by atoms with van der Waals surface area (Å²) in [7, 11) is 3.79. The van der Waals surface area contributed by atoms with E-state index in [-0.39, 0.29) is 5.91 Å². The Hall–Kier alpha value is -2.88. The number of nitrogens with zero attached hydrogens (tertiary/aromatic N) is 5. The van der Waals surface area contributed by atoms with E-state index in [0.29, 0.717) is 30.5 Å². The molecule has 0 spiro atoms. The van der Waals surface area contributed by atoms with Crippen molar-refractivity contribution in [2.75, 3.05) is 25.5 Å². The number of hydrogen-bond donors (Lipinski definition) is 1. The molecule has 2 aromatic heterocycles. The van der Waals surface area contributed by atoms with Gasteiger partial charge in [0, 0.05) is 56.9 Å². The lowest BCUT2D eigenvalue weighted by Gasteiger charge is -2.09. The predicted octanol–water partition coefficient (Wildman–Crippen LogP) is 2.06. The Kier molecular flexibility index (Phi) is 4.98.